The van der Waals surface area contributed by atoms with Crippen LogP contribution in [-0.2, 0) is 17.5 Å². The third-order valence-electron chi connectivity index (χ3n) is 17.3. The van der Waals surface area contributed by atoms with E-state index >= 15 is 0 Å². The molecule has 0 aliphatic heterocycles. The van der Waals surface area contributed by atoms with Gasteiger partial charge in [0.05, 0.1) is 33.2 Å². The summed E-state index contributed by atoms with van der Waals surface area (Å²) in [5.41, 5.74) is 18.5. The molecule has 0 amide bonds. The van der Waals surface area contributed by atoms with Gasteiger partial charge in [0.15, 0.2) is 11.2 Å². The lowest BCUT2D eigenvalue weighted by Gasteiger charge is -2.52. The van der Waals surface area contributed by atoms with E-state index in [0.29, 0.717) is 0 Å². The summed E-state index contributed by atoms with van der Waals surface area (Å²) in [5.74, 6) is 0. The highest BCUT2D eigenvalue weighted by atomic mass is 28.4. The minimum atomic E-state index is -2.29. The fraction of sp³-hybridized carbons (Fsp3) is 0.155. The average molecular weight is 1030 g/mol. The van der Waals surface area contributed by atoms with Crippen LogP contribution in [0.25, 0.3) is 87.3 Å². The summed E-state index contributed by atoms with van der Waals surface area (Å²) in [6.45, 7) is 20.3. The van der Waals surface area contributed by atoms with Gasteiger partial charge in [-0.2, -0.15) is 0 Å². The van der Waals surface area contributed by atoms with Crippen molar-refractivity contribution in [3.05, 3.63) is 229 Å². The highest BCUT2D eigenvalue weighted by Crippen LogP contribution is 2.64. The van der Waals surface area contributed by atoms with Gasteiger partial charge < -0.3 is 18.6 Å². The van der Waals surface area contributed by atoms with Crippen molar-refractivity contribution >= 4 is 126 Å². The molecule has 0 atom stereocenters. The lowest BCUT2D eigenvalue weighted by molar-refractivity contribution is 0.663. The maximum Gasteiger partial charge on any atom is 0.159 e. The van der Waals surface area contributed by atoms with Gasteiger partial charge in [0, 0.05) is 48.7 Å². The van der Waals surface area contributed by atoms with E-state index in [9.17, 15) is 0 Å². The van der Waals surface area contributed by atoms with E-state index in [2.05, 4.69) is 269 Å². The Morgan fingerprint density at radius 1 is 0.338 bits per heavy atom. The number of anilines is 6. The largest absolute Gasteiger partial charge is 0.454 e. The van der Waals surface area contributed by atoms with Gasteiger partial charge in [-0.15, -0.1) is 0 Å². The van der Waals surface area contributed by atoms with Crippen LogP contribution >= 0.6 is 0 Å². The first-order valence-electron chi connectivity index (χ1n) is 27.5. The Morgan fingerprint density at radius 3 is 1.31 bits per heavy atom. The van der Waals surface area contributed by atoms with Crippen molar-refractivity contribution in [2.75, 3.05) is 9.80 Å². The zero-order valence-corrected chi connectivity index (χ0v) is 47.3. The number of benzene rings is 11. The summed E-state index contributed by atoms with van der Waals surface area (Å²) in [6.07, 6.45) is 1.80. The van der Waals surface area contributed by atoms with Gasteiger partial charge in [0.2, 0.25) is 0 Å². The van der Waals surface area contributed by atoms with Crippen LogP contribution < -0.4 is 9.80 Å². The van der Waals surface area contributed by atoms with Gasteiger partial charge in [-0.1, -0.05) is 205 Å². The highest BCUT2D eigenvalue weighted by molar-refractivity contribution is 7.00. The molecule has 2 heterocycles. The maximum atomic E-state index is 7.12. The van der Waals surface area contributed by atoms with Crippen LogP contribution in [-0.4, -0.2) is 16.1 Å². The van der Waals surface area contributed by atoms with Crippen LogP contribution in [0.4, 0.5) is 34.1 Å². The normalized spacial score (nSPS) is 13.4. The zero-order chi connectivity index (χ0) is 52.5. The summed E-state index contributed by atoms with van der Waals surface area (Å²) >= 11 is 0. The van der Waals surface area contributed by atoms with Crippen molar-refractivity contribution in [2.24, 2.45) is 0 Å². The van der Waals surface area contributed by atoms with Gasteiger partial charge in [0.1, 0.15) is 11.2 Å². The SMILES string of the molecule is CCc1cccc2c1oc1c(N(c3ccccc3)c3ccc4c5c(c6ccccc6c4c3)-c3c(cc(N(c4ccccc4)c4cccc6c4oc4c(CC)cccc46)c4ccccc34)C5([Si](C)(C)C)[Si](C)(C)C)cccc12. The molecule has 0 N–H and O–H groups in total. The Hall–Kier alpha value is -8.17. The topological polar surface area (TPSA) is 32.8 Å². The predicted molar refractivity (Wildman–Crippen MR) is 335 cm³/mol. The van der Waals surface area contributed by atoms with Crippen LogP contribution in [0.2, 0.25) is 39.3 Å². The lowest BCUT2D eigenvalue weighted by Crippen LogP contribution is -2.63. The molecule has 0 unspecified atom stereocenters. The minimum absolute atomic E-state index is 0.229. The number of fused-ring (bicyclic) bond motifs is 16. The molecule has 2 aromatic heterocycles. The van der Waals surface area contributed by atoms with Crippen LogP contribution in [0.3, 0.4) is 0 Å². The summed E-state index contributed by atoms with van der Waals surface area (Å²) in [7, 11) is -4.58. The Kier molecular flexibility index (Phi) is 10.7. The van der Waals surface area contributed by atoms with Crippen LogP contribution in [0.15, 0.2) is 215 Å². The number of hydrogen-bond donors (Lipinski definition) is 0. The van der Waals surface area contributed by atoms with E-state index in [1.54, 1.807) is 0 Å². The molecule has 0 radical (unpaired) electrons. The Balaban J connectivity index is 1.08. The molecule has 0 saturated heterocycles. The molecule has 4 nitrogen and oxygen atoms in total. The van der Waals surface area contributed by atoms with Crippen molar-refractivity contribution < 1.29 is 8.83 Å². The molecule has 11 aromatic carbocycles. The molecule has 6 heteroatoms. The summed E-state index contributed by atoms with van der Waals surface area (Å²) < 4.78 is 13.9. The van der Waals surface area contributed by atoms with Crippen LogP contribution in [0.5, 0.6) is 0 Å². The Morgan fingerprint density at radius 2 is 0.779 bits per heavy atom. The van der Waals surface area contributed by atoms with E-state index in [1.807, 2.05) is 0 Å². The first-order valence-corrected chi connectivity index (χ1v) is 34.5. The molecule has 14 rings (SSSR count). The minimum Gasteiger partial charge on any atom is -0.454 e. The van der Waals surface area contributed by atoms with Crippen molar-refractivity contribution in [2.45, 2.75) is 70.6 Å². The third kappa shape index (κ3) is 6.74. The van der Waals surface area contributed by atoms with Gasteiger partial charge in [0.25, 0.3) is 0 Å². The molecule has 77 heavy (non-hydrogen) atoms. The van der Waals surface area contributed by atoms with Crippen LogP contribution in [0, 0.1) is 0 Å². The predicted octanol–water partition coefficient (Wildman–Crippen LogP) is 21.0. The first-order chi connectivity index (χ1) is 37.4. The molecule has 0 saturated carbocycles. The molecule has 0 bridgehead atoms. The molecule has 1 aliphatic rings. The zero-order valence-electron chi connectivity index (χ0n) is 45.3. The van der Waals surface area contributed by atoms with E-state index in [4.69, 9.17) is 8.83 Å². The molecule has 0 fully saturated rings. The molecular weight excluding hydrogens is 969 g/mol. The second-order valence-electron chi connectivity index (χ2n) is 23.3. The molecular formula is C71H62N2O2Si2. The molecule has 0 spiro atoms. The Labute approximate surface area is 452 Å². The average Bonchev–Trinajstić information content (AvgIpc) is 4.31. The van der Waals surface area contributed by atoms with Crippen molar-refractivity contribution in [1.82, 2.24) is 0 Å². The number of para-hydroxylation sites is 6. The number of nitrogens with zero attached hydrogens (tertiary/aromatic N) is 2. The summed E-state index contributed by atoms with van der Waals surface area (Å²) in [4.78, 5) is 4.92. The van der Waals surface area contributed by atoms with Gasteiger partial charge >= 0.3 is 0 Å². The van der Waals surface area contributed by atoms with Gasteiger partial charge in [-0.3, -0.25) is 0 Å². The monoisotopic (exact) mass is 1030 g/mol. The smallest absolute Gasteiger partial charge is 0.159 e. The quantitative estimate of drug-likeness (QED) is 0.101. The van der Waals surface area contributed by atoms with E-state index < -0.39 is 16.1 Å². The number of furan rings is 2. The second kappa shape index (κ2) is 17.4. The fourth-order valence-electron chi connectivity index (χ4n) is 14.5. The van der Waals surface area contributed by atoms with E-state index in [1.165, 1.54) is 71.4 Å². The number of aryl methyl sites for hydroxylation is 2. The van der Waals surface area contributed by atoms with Crippen molar-refractivity contribution in [3.63, 3.8) is 0 Å². The standard InChI is InChI=1S/C71H62N2O2Si2/c1-9-45-25-21-35-55-57-37-23-39-61(69(57)74-67(45)55)72(47-27-13-11-14-28-47)49-41-42-54-59(43-49)50-31-17-19-33-52(50)65-64-53-34-20-18-32-51(53)63(44-60(64)71(66(54)65,76(3,4)5)77(6,7)8)73(48-29-15-12-16-30-48)62-40-24-38-58-56-36-22-26-46(10-2)68(56)75-70(58)62/h11-44H,9-10H2,1-8H3. The summed E-state index contributed by atoms with van der Waals surface area (Å²) in [6, 6.07) is 76.9. The fourth-order valence-corrected chi connectivity index (χ4v) is 27.5. The lowest BCUT2D eigenvalue weighted by atomic mass is 9.89. The molecule has 13 aromatic rings. The van der Waals surface area contributed by atoms with Gasteiger partial charge in [-0.05, 0) is 128 Å². The maximum absolute atomic E-state index is 7.12. The van der Waals surface area contributed by atoms with Gasteiger partial charge in [-0.25, -0.2) is 0 Å². The summed E-state index contributed by atoms with van der Waals surface area (Å²) in [5, 5.41) is 12.3. The van der Waals surface area contributed by atoms with E-state index in [0.717, 1.165) is 85.2 Å². The second-order valence-corrected chi connectivity index (χ2v) is 34.3. The number of hydrogen-bond acceptors (Lipinski definition) is 4. The molecule has 1 aliphatic carbocycles. The number of rotatable bonds is 10. The highest BCUT2D eigenvalue weighted by Gasteiger charge is 2.60. The van der Waals surface area contributed by atoms with Crippen molar-refractivity contribution in [1.29, 1.82) is 0 Å². The Bertz CT molecular complexity index is 4510. The third-order valence-corrected chi connectivity index (χ3v) is 27.3. The van der Waals surface area contributed by atoms with Crippen LogP contribution in [0.1, 0.15) is 36.1 Å². The molecule has 376 valence electrons. The first kappa shape index (κ1) is 47.3. The van der Waals surface area contributed by atoms with E-state index in [-0.39, 0.29) is 4.66 Å². The van der Waals surface area contributed by atoms with Crippen molar-refractivity contribution in [3.8, 4) is 11.1 Å².